The highest BCUT2D eigenvalue weighted by Crippen LogP contribution is 2.28. The van der Waals surface area contributed by atoms with E-state index in [0.29, 0.717) is 11.4 Å². The summed E-state index contributed by atoms with van der Waals surface area (Å²) in [4.78, 5) is 44.1. The predicted octanol–water partition coefficient (Wildman–Crippen LogP) is 2.82. The van der Waals surface area contributed by atoms with E-state index in [2.05, 4.69) is 16.6 Å². The number of hydrogen-bond donors (Lipinski definition) is 2. The van der Waals surface area contributed by atoms with Gasteiger partial charge in [-0.15, -0.1) is 0 Å². The number of nitrogens with zero attached hydrogens (tertiary/aromatic N) is 3. The molecule has 172 valence electrons. The van der Waals surface area contributed by atoms with Crippen LogP contribution in [0.3, 0.4) is 0 Å². The van der Waals surface area contributed by atoms with Crippen LogP contribution in [-0.4, -0.2) is 25.2 Å². The number of aromatic nitrogens is 3. The molecule has 0 bridgehead atoms. The van der Waals surface area contributed by atoms with Gasteiger partial charge in [-0.05, 0) is 30.7 Å². The molecular weight excluding hydrogens is 448 g/mol. The van der Waals surface area contributed by atoms with Crippen molar-refractivity contribution in [2.45, 2.75) is 26.9 Å². The zero-order valence-corrected chi connectivity index (χ0v) is 18.9. The number of carboxylic acids is 1. The molecule has 0 radical (unpaired) electrons. The molecule has 0 fully saturated rings. The van der Waals surface area contributed by atoms with E-state index in [1.807, 2.05) is 31.2 Å². The van der Waals surface area contributed by atoms with Crippen molar-refractivity contribution < 1.29 is 14.6 Å². The summed E-state index contributed by atoms with van der Waals surface area (Å²) >= 11 is 6.20. The minimum atomic E-state index is -1.11. The Balaban J connectivity index is 2.18. The average molecular weight is 471 g/mol. The lowest BCUT2D eigenvalue weighted by Crippen LogP contribution is -2.51. The summed E-state index contributed by atoms with van der Waals surface area (Å²) in [6.45, 7) is 6.68. The summed E-state index contributed by atoms with van der Waals surface area (Å²) in [7, 11) is 0. The van der Waals surface area contributed by atoms with Gasteiger partial charge in [-0.3, -0.25) is 14.3 Å². The number of nitrogens with one attached hydrogen (secondary N) is 1. The molecule has 2 N–H and O–H groups in total. The third-order valence-electron chi connectivity index (χ3n) is 4.88. The Morgan fingerprint density at radius 2 is 1.94 bits per heavy atom. The Morgan fingerprint density at radius 3 is 2.55 bits per heavy atom. The third kappa shape index (κ3) is 5.69. The van der Waals surface area contributed by atoms with Crippen LogP contribution >= 0.6 is 11.6 Å². The van der Waals surface area contributed by atoms with E-state index >= 15 is 0 Å². The van der Waals surface area contributed by atoms with Gasteiger partial charge in [-0.25, -0.2) is 19.1 Å². The second kappa shape index (κ2) is 10.2. The molecule has 3 rings (SSSR count). The molecule has 0 saturated heterocycles. The Labute approximate surface area is 193 Å². The zero-order valence-electron chi connectivity index (χ0n) is 18.1. The first-order valence-corrected chi connectivity index (χ1v) is 10.4. The second-order valence-electron chi connectivity index (χ2n) is 7.47. The van der Waals surface area contributed by atoms with Crippen LogP contribution in [0.25, 0.3) is 0 Å². The first kappa shape index (κ1) is 23.8. The summed E-state index contributed by atoms with van der Waals surface area (Å²) in [6.07, 6.45) is 1.24. The number of ether oxygens (including phenoxy) is 1. The lowest BCUT2D eigenvalue weighted by molar-refractivity contribution is -0.141. The van der Waals surface area contributed by atoms with E-state index in [0.717, 1.165) is 15.7 Å². The van der Waals surface area contributed by atoms with E-state index in [4.69, 9.17) is 16.3 Å². The van der Waals surface area contributed by atoms with Crippen molar-refractivity contribution in [3.8, 4) is 5.75 Å². The molecule has 0 saturated carbocycles. The molecule has 0 unspecified atom stereocenters. The first-order chi connectivity index (χ1) is 15.7. The van der Waals surface area contributed by atoms with E-state index in [9.17, 15) is 19.5 Å². The van der Waals surface area contributed by atoms with Gasteiger partial charge in [0.05, 0.1) is 29.4 Å². The number of H-pyrrole nitrogens is 1. The summed E-state index contributed by atoms with van der Waals surface area (Å²) in [5, 5.41) is 9.48. The van der Waals surface area contributed by atoms with Crippen molar-refractivity contribution in [2.75, 3.05) is 0 Å². The van der Waals surface area contributed by atoms with Gasteiger partial charge in [0.25, 0.3) is 0 Å². The molecular formula is C23H23ClN4O5. The average Bonchev–Trinajstić information content (AvgIpc) is 2.77. The molecule has 0 aliphatic heterocycles. The number of carbonyl (C=O) groups is 1. The highest BCUT2D eigenvalue weighted by Gasteiger charge is 2.17. The summed E-state index contributed by atoms with van der Waals surface area (Å²) in [5.74, 6) is -1.67. The highest BCUT2D eigenvalue weighted by molar-refractivity contribution is 6.32. The SMILES string of the molecule is C=COc1ccc(/N=c2\[nH]c(=O)n(C[C@H](C)C(=O)O)c(=O)n2Cc2ccc(C)cc2)cc1Cl. The smallest absolute Gasteiger partial charge is 0.335 e. The molecule has 0 aliphatic rings. The number of aryl methyl sites for hydroxylation is 1. The summed E-state index contributed by atoms with van der Waals surface area (Å²) < 4.78 is 7.33. The van der Waals surface area contributed by atoms with Crippen LogP contribution in [0.1, 0.15) is 18.1 Å². The van der Waals surface area contributed by atoms with Crippen molar-refractivity contribution in [2.24, 2.45) is 10.9 Å². The molecule has 2 aromatic carbocycles. The summed E-state index contributed by atoms with van der Waals surface area (Å²) in [6, 6.07) is 12.2. The van der Waals surface area contributed by atoms with Crippen LogP contribution in [0.5, 0.6) is 5.75 Å². The van der Waals surface area contributed by atoms with E-state index < -0.39 is 23.3 Å². The van der Waals surface area contributed by atoms with Gasteiger partial charge in [0, 0.05) is 6.54 Å². The van der Waals surface area contributed by atoms with Crippen LogP contribution in [0, 0.1) is 12.8 Å². The van der Waals surface area contributed by atoms with Gasteiger partial charge in [0.15, 0.2) is 0 Å². The number of aliphatic carboxylic acids is 1. The van der Waals surface area contributed by atoms with Crippen LogP contribution in [0.15, 0.2) is 69.9 Å². The zero-order chi connectivity index (χ0) is 24.1. The fraction of sp³-hybridized carbons (Fsp3) is 0.217. The molecule has 10 heteroatoms. The molecule has 9 nitrogen and oxygen atoms in total. The summed E-state index contributed by atoms with van der Waals surface area (Å²) in [5.41, 5.74) is 0.795. The molecule has 3 aromatic rings. The van der Waals surface area contributed by atoms with Crippen molar-refractivity contribution in [3.63, 3.8) is 0 Å². The van der Waals surface area contributed by atoms with Gasteiger partial charge in [0.2, 0.25) is 5.62 Å². The largest absolute Gasteiger partial charge is 0.481 e. The number of rotatable bonds is 8. The maximum atomic E-state index is 13.2. The molecule has 0 amide bonds. The van der Waals surface area contributed by atoms with Crippen LogP contribution in [0.2, 0.25) is 5.02 Å². The quantitative estimate of drug-likeness (QED) is 0.491. The van der Waals surface area contributed by atoms with Crippen molar-refractivity contribution in [1.82, 2.24) is 14.1 Å². The molecule has 1 aromatic heterocycles. The molecule has 1 heterocycles. The Bertz CT molecular complexity index is 1370. The van der Waals surface area contributed by atoms with Crippen LogP contribution in [-0.2, 0) is 17.9 Å². The van der Waals surface area contributed by atoms with Gasteiger partial charge in [-0.2, -0.15) is 0 Å². The second-order valence-corrected chi connectivity index (χ2v) is 7.88. The van der Waals surface area contributed by atoms with Gasteiger partial charge < -0.3 is 9.84 Å². The highest BCUT2D eigenvalue weighted by atomic mass is 35.5. The molecule has 1 atom stereocenters. The predicted molar refractivity (Wildman–Crippen MR) is 124 cm³/mol. The lowest BCUT2D eigenvalue weighted by atomic mass is 10.1. The maximum Gasteiger partial charge on any atom is 0.335 e. The number of benzene rings is 2. The van der Waals surface area contributed by atoms with Crippen molar-refractivity contribution >= 4 is 23.3 Å². The van der Waals surface area contributed by atoms with E-state index in [1.54, 1.807) is 12.1 Å². The minimum absolute atomic E-state index is 0.00161. The van der Waals surface area contributed by atoms with Gasteiger partial charge in [0.1, 0.15) is 5.75 Å². The normalized spacial score (nSPS) is 12.4. The first-order valence-electron chi connectivity index (χ1n) is 10.0. The monoisotopic (exact) mass is 470 g/mol. The Morgan fingerprint density at radius 1 is 1.24 bits per heavy atom. The fourth-order valence-corrected chi connectivity index (χ4v) is 3.26. The number of hydrogen-bond acceptors (Lipinski definition) is 5. The minimum Gasteiger partial charge on any atom is -0.481 e. The number of aromatic amines is 1. The number of halogens is 1. The van der Waals surface area contributed by atoms with E-state index in [-0.39, 0.29) is 23.7 Å². The molecule has 0 aliphatic carbocycles. The van der Waals surface area contributed by atoms with Gasteiger partial charge >= 0.3 is 17.3 Å². The fourth-order valence-electron chi connectivity index (χ4n) is 3.04. The van der Waals surface area contributed by atoms with Gasteiger partial charge in [-0.1, -0.05) is 54.9 Å². The van der Waals surface area contributed by atoms with Crippen molar-refractivity contribution in [1.29, 1.82) is 0 Å². The Kier molecular flexibility index (Phi) is 7.34. The molecule has 0 spiro atoms. The van der Waals surface area contributed by atoms with Crippen LogP contribution < -0.4 is 21.7 Å². The maximum absolute atomic E-state index is 13.2. The lowest BCUT2D eigenvalue weighted by Gasteiger charge is -2.13. The molecule has 33 heavy (non-hydrogen) atoms. The third-order valence-corrected chi connectivity index (χ3v) is 5.18. The standard InChI is InChI=1S/C23H23ClN4O5/c1-4-33-19-10-9-17(11-18(19)24)25-21-26-22(31)28(12-15(3)20(29)30)23(32)27(21)13-16-7-5-14(2)6-8-16/h4-11,15H,1,12-13H2,2-3H3,(H,29,30)(H,25,26,31)/t15-/m0/s1. The Hall–Kier alpha value is -3.85. The number of carboxylic acid groups (broad SMARTS) is 1. The van der Waals surface area contributed by atoms with E-state index in [1.165, 1.54) is 23.8 Å². The topological polar surface area (TPSA) is 119 Å². The van der Waals surface area contributed by atoms with Crippen LogP contribution in [0.4, 0.5) is 5.69 Å². The van der Waals surface area contributed by atoms with Crippen molar-refractivity contribution in [3.05, 3.63) is 98.0 Å².